The summed E-state index contributed by atoms with van der Waals surface area (Å²) < 4.78 is 11.1. The van der Waals surface area contributed by atoms with Crippen molar-refractivity contribution < 1.29 is 18.7 Å². The molecule has 3 aromatic rings. The van der Waals surface area contributed by atoms with Crippen LogP contribution in [0.3, 0.4) is 0 Å². The van der Waals surface area contributed by atoms with E-state index in [1.165, 1.54) is 24.5 Å². The van der Waals surface area contributed by atoms with Gasteiger partial charge in [-0.05, 0) is 31.2 Å². The standard InChI is InChI=1S/C17H13Cl2NO4S/c1-9(16(21)20-8-11-3-2-6-23-11)24-17(22)15-14(19)12-5-4-10(18)7-13(12)25-15/h2-7,9H,8H2,1H3,(H,20,21)/t9-/m0/s1. The summed E-state index contributed by atoms with van der Waals surface area (Å²) in [4.78, 5) is 24.6. The summed E-state index contributed by atoms with van der Waals surface area (Å²) in [7, 11) is 0. The maximum absolute atomic E-state index is 12.3. The van der Waals surface area contributed by atoms with Crippen LogP contribution in [-0.4, -0.2) is 18.0 Å². The van der Waals surface area contributed by atoms with Gasteiger partial charge in [0.2, 0.25) is 0 Å². The van der Waals surface area contributed by atoms with E-state index in [-0.39, 0.29) is 11.4 Å². The summed E-state index contributed by atoms with van der Waals surface area (Å²) in [6.45, 7) is 1.71. The van der Waals surface area contributed by atoms with E-state index in [2.05, 4.69) is 5.32 Å². The molecule has 2 aromatic heterocycles. The van der Waals surface area contributed by atoms with Gasteiger partial charge < -0.3 is 14.5 Å². The van der Waals surface area contributed by atoms with Crippen LogP contribution in [0.25, 0.3) is 10.1 Å². The molecule has 0 radical (unpaired) electrons. The number of fused-ring (bicyclic) bond motifs is 1. The van der Waals surface area contributed by atoms with Crippen molar-refractivity contribution in [2.75, 3.05) is 0 Å². The Kier molecular flexibility index (Phi) is 5.32. The van der Waals surface area contributed by atoms with Crippen LogP contribution in [-0.2, 0) is 16.1 Å². The van der Waals surface area contributed by atoms with Gasteiger partial charge in [0, 0.05) is 15.1 Å². The van der Waals surface area contributed by atoms with E-state index in [4.69, 9.17) is 32.4 Å². The van der Waals surface area contributed by atoms with Crippen molar-refractivity contribution in [1.29, 1.82) is 0 Å². The molecule has 8 heteroatoms. The summed E-state index contributed by atoms with van der Waals surface area (Å²) in [5.41, 5.74) is 0. The first kappa shape index (κ1) is 17.8. The van der Waals surface area contributed by atoms with Crippen LogP contribution in [0.15, 0.2) is 41.0 Å². The van der Waals surface area contributed by atoms with Gasteiger partial charge in [-0.25, -0.2) is 4.79 Å². The van der Waals surface area contributed by atoms with Crippen molar-refractivity contribution >= 4 is 56.5 Å². The number of rotatable bonds is 5. The van der Waals surface area contributed by atoms with E-state index >= 15 is 0 Å². The lowest BCUT2D eigenvalue weighted by Gasteiger charge is -2.12. The minimum atomic E-state index is -0.965. The molecule has 0 spiro atoms. The van der Waals surface area contributed by atoms with Gasteiger partial charge >= 0.3 is 5.97 Å². The Morgan fingerprint density at radius 3 is 2.84 bits per heavy atom. The van der Waals surface area contributed by atoms with Crippen LogP contribution in [0, 0.1) is 0 Å². The fraction of sp³-hybridized carbons (Fsp3) is 0.176. The highest BCUT2D eigenvalue weighted by Crippen LogP contribution is 2.37. The van der Waals surface area contributed by atoms with Gasteiger partial charge in [-0.3, -0.25) is 4.79 Å². The molecule has 1 atom stereocenters. The molecule has 1 aromatic carbocycles. The number of halogens is 2. The van der Waals surface area contributed by atoms with Gasteiger partial charge in [-0.15, -0.1) is 11.3 Å². The number of benzene rings is 1. The average Bonchev–Trinajstić information content (AvgIpc) is 3.20. The molecule has 0 aliphatic heterocycles. The van der Waals surface area contributed by atoms with Gasteiger partial charge in [0.25, 0.3) is 5.91 Å². The zero-order valence-electron chi connectivity index (χ0n) is 13.0. The minimum Gasteiger partial charge on any atom is -0.467 e. The third kappa shape index (κ3) is 3.98. The molecule has 1 amide bonds. The molecular formula is C17H13Cl2NO4S. The van der Waals surface area contributed by atoms with Gasteiger partial charge in [-0.2, -0.15) is 0 Å². The van der Waals surface area contributed by atoms with Gasteiger partial charge in [0.1, 0.15) is 10.6 Å². The zero-order valence-corrected chi connectivity index (χ0v) is 15.4. The molecule has 5 nitrogen and oxygen atoms in total. The maximum Gasteiger partial charge on any atom is 0.350 e. The van der Waals surface area contributed by atoms with Crippen LogP contribution in [0.1, 0.15) is 22.4 Å². The monoisotopic (exact) mass is 397 g/mol. The highest BCUT2D eigenvalue weighted by molar-refractivity contribution is 7.21. The van der Waals surface area contributed by atoms with Crippen molar-refractivity contribution in [2.45, 2.75) is 19.6 Å². The molecule has 0 aliphatic carbocycles. The number of carbonyl (C=O) groups is 2. The largest absolute Gasteiger partial charge is 0.467 e. The Morgan fingerprint density at radius 2 is 2.12 bits per heavy atom. The molecule has 25 heavy (non-hydrogen) atoms. The van der Waals surface area contributed by atoms with E-state index in [0.717, 1.165) is 10.1 Å². The molecule has 1 N–H and O–H groups in total. The second-order valence-corrected chi connectivity index (χ2v) is 7.10. The third-order valence-electron chi connectivity index (χ3n) is 3.45. The highest BCUT2D eigenvalue weighted by Gasteiger charge is 2.23. The topological polar surface area (TPSA) is 68.5 Å². The Balaban J connectivity index is 1.67. The van der Waals surface area contributed by atoms with E-state index < -0.39 is 18.0 Å². The maximum atomic E-state index is 12.3. The fourth-order valence-electron chi connectivity index (χ4n) is 2.17. The normalized spacial score (nSPS) is 12.1. The molecule has 0 aliphatic rings. The number of nitrogens with one attached hydrogen (secondary N) is 1. The first-order valence-corrected chi connectivity index (χ1v) is 8.91. The average molecular weight is 398 g/mol. The second-order valence-electron chi connectivity index (χ2n) is 5.23. The quantitative estimate of drug-likeness (QED) is 0.635. The molecule has 0 saturated carbocycles. The summed E-state index contributed by atoms with van der Waals surface area (Å²) >= 11 is 13.4. The number of furan rings is 1. The van der Waals surface area contributed by atoms with Gasteiger partial charge in [-0.1, -0.05) is 29.3 Å². The van der Waals surface area contributed by atoms with Crippen molar-refractivity contribution in [2.24, 2.45) is 0 Å². The molecule has 0 fully saturated rings. The molecule has 2 heterocycles. The fourth-order valence-corrected chi connectivity index (χ4v) is 3.84. The zero-order chi connectivity index (χ0) is 18.0. The molecule has 3 rings (SSSR count). The van der Waals surface area contributed by atoms with Crippen molar-refractivity contribution in [3.63, 3.8) is 0 Å². The predicted octanol–water partition coefficient (Wildman–Crippen LogP) is 4.66. The number of thiophene rings is 1. The van der Waals surface area contributed by atoms with E-state index in [0.29, 0.717) is 15.8 Å². The smallest absolute Gasteiger partial charge is 0.350 e. The van der Waals surface area contributed by atoms with Crippen LogP contribution >= 0.6 is 34.5 Å². The van der Waals surface area contributed by atoms with Crippen LogP contribution < -0.4 is 5.32 Å². The lowest BCUT2D eigenvalue weighted by molar-refractivity contribution is -0.129. The number of amides is 1. The number of carbonyl (C=O) groups excluding carboxylic acids is 2. The Hall–Kier alpha value is -2.02. The lowest BCUT2D eigenvalue weighted by atomic mass is 10.2. The first-order chi connectivity index (χ1) is 12.0. The molecular weight excluding hydrogens is 385 g/mol. The number of esters is 1. The van der Waals surface area contributed by atoms with E-state index in [1.54, 1.807) is 30.3 Å². The molecule has 0 saturated heterocycles. The van der Waals surface area contributed by atoms with Crippen LogP contribution in [0.5, 0.6) is 0 Å². The Labute approximate surface area is 157 Å². The minimum absolute atomic E-state index is 0.218. The second kappa shape index (κ2) is 7.47. The highest BCUT2D eigenvalue weighted by atomic mass is 35.5. The van der Waals surface area contributed by atoms with Crippen LogP contribution in [0.4, 0.5) is 0 Å². The van der Waals surface area contributed by atoms with Crippen molar-refractivity contribution in [1.82, 2.24) is 5.32 Å². The summed E-state index contributed by atoms with van der Waals surface area (Å²) in [6, 6.07) is 8.62. The van der Waals surface area contributed by atoms with E-state index in [9.17, 15) is 9.59 Å². The Morgan fingerprint density at radius 1 is 1.32 bits per heavy atom. The van der Waals surface area contributed by atoms with Gasteiger partial charge in [0.05, 0.1) is 17.8 Å². The lowest BCUT2D eigenvalue weighted by Crippen LogP contribution is -2.35. The third-order valence-corrected chi connectivity index (χ3v) is 5.32. The molecule has 0 unspecified atom stereocenters. The summed E-state index contributed by atoms with van der Waals surface area (Å²) in [6.07, 6.45) is 0.549. The number of hydrogen-bond donors (Lipinski definition) is 1. The predicted molar refractivity (Wildman–Crippen MR) is 97.3 cm³/mol. The van der Waals surface area contributed by atoms with Crippen molar-refractivity contribution in [3.05, 3.63) is 57.3 Å². The van der Waals surface area contributed by atoms with Crippen molar-refractivity contribution in [3.8, 4) is 0 Å². The summed E-state index contributed by atoms with van der Waals surface area (Å²) in [5, 5.41) is 4.20. The summed E-state index contributed by atoms with van der Waals surface area (Å²) in [5.74, 6) is -0.468. The van der Waals surface area contributed by atoms with E-state index in [1.807, 2.05) is 0 Å². The van der Waals surface area contributed by atoms with Gasteiger partial charge in [0.15, 0.2) is 6.10 Å². The number of ether oxygens (including phenoxy) is 1. The molecule has 130 valence electrons. The number of hydrogen-bond acceptors (Lipinski definition) is 5. The van der Waals surface area contributed by atoms with Crippen LogP contribution in [0.2, 0.25) is 10.0 Å². The SMILES string of the molecule is C[C@H](OC(=O)c1sc2cc(Cl)ccc2c1Cl)C(=O)NCc1ccco1. The first-order valence-electron chi connectivity index (χ1n) is 7.34. The molecule has 0 bridgehead atoms. The Bertz CT molecular complexity index is 920.